The average Bonchev–Trinajstić information content (AvgIpc) is 3.39. The monoisotopic (exact) mass is 515 g/mol. The van der Waals surface area contributed by atoms with E-state index in [0.717, 1.165) is 28.9 Å². The molecule has 0 fully saturated rings. The number of hydrogen-bond donors (Lipinski definition) is 3. The Bertz CT molecular complexity index is 1440. The Labute approximate surface area is 206 Å². The van der Waals surface area contributed by atoms with Crippen LogP contribution in [0.5, 0.6) is 11.5 Å². The van der Waals surface area contributed by atoms with Gasteiger partial charge in [0.15, 0.2) is 0 Å². The van der Waals surface area contributed by atoms with Crippen LogP contribution in [0.25, 0.3) is 5.69 Å². The summed E-state index contributed by atoms with van der Waals surface area (Å²) in [5, 5.41) is 10.8. The van der Waals surface area contributed by atoms with Crippen molar-refractivity contribution in [2.45, 2.75) is 6.18 Å². The van der Waals surface area contributed by atoms with Crippen molar-refractivity contribution in [1.82, 2.24) is 25.1 Å². The first-order valence-electron chi connectivity index (χ1n) is 10.4. The van der Waals surface area contributed by atoms with E-state index in [1.165, 1.54) is 50.2 Å². The quantitative estimate of drug-likeness (QED) is 0.322. The molecule has 0 atom stereocenters. The van der Waals surface area contributed by atoms with Gasteiger partial charge in [0.2, 0.25) is 0 Å². The van der Waals surface area contributed by atoms with Crippen LogP contribution in [0.2, 0.25) is 0 Å². The van der Waals surface area contributed by atoms with Crippen molar-refractivity contribution in [3.8, 4) is 17.2 Å². The minimum absolute atomic E-state index is 0.0591. The third-order valence-electron chi connectivity index (χ3n) is 4.85. The average molecular weight is 515 g/mol. The van der Waals surface area contributed by atoms with Crippen LogP contribution in [-0.4, -0.2) is 38.7 Å². The van der Waals surface area contributed by atoms with Crippen LogP contribution in [0.4, 0.5) is 33.7 Å². The molecule has 0 aliphatic carbocycles. The van der Waals surface area contributed by atoms with E-state index in [-0.39, 0.29) is 34.3 Å². The number of anilines is 2. The fraction of sp³-hybridized carbons (Fsp3) is 0.0870. The molecule has 0 unspecified atom stereocenters. The van der Waals surface area contributed by atoms with Crippen LogP contribution in [0.3, 0.4) is 0 Å². The number of hydrogen-bond acceptors (Lipinski definition) is 6. The van der Waals surface area contributed by atoms with Gasteiger partial charge < -0.3 is 20.7 Å². The van der Waals surface area contributed by atoms with E-state index in [1.807, 2.05) is 0 Å². The van der Waals surface area contributed by atoms with Crippen LogP contribution in [0.15, 0.2) is 67.4 Å². The van der Waals surface area contributed by atoms with Crippen molar-refractivity contribution in [2.24, 2.45) is 0 Å². The summed E-state index contributed by atoms with van der Waals surface area (Å²) in [6, 6.07) is 8.04. The molecule has 4 rings (SSSR count). The summed E-state index contributed by atoms with van der Waals surface area (Å²) in [7, 11) is 1.44. The lowest BCUT2D eigenvalue weighted by Crippen LogP contribution is -2.21. The number of pyridine rings is 1. The minimum atomic E-state index is -4.66. The zero-order chi connectivity index (χ0) is 26.6. The van der Waals surface area contributed by atoms with Gasteiger partial charge in [-0.1, -0.05) is 0 Å². The molecule has 190 valence electrons. The third-order valence-corrected chi connectivity index (χ3v) is 4.85. The smallest absolute Gasteiger partial charge is 0.416 e. The first-order chi connectivity index (χ1) is 17.6. The van der Waals surface area contributed by atoms with E-state index in [9.17, 15) is 27.2 Å². The van der Waals surface area contributed by atoms with Gasteiger partial charge in [-0.05, 0) is 36.4 Å². The Morgan fingerprint density at radius 2 is 1.73 bits per heavy atom. The predicted molar refractivity (Wildman–Crippen MR) is 123 cm³/mol. The number of nitrogens with one attached hydrogen (secondary N) is 3. The van der Waals surface area contributed by atoms with Gasteiger partial charge in [0.05, 0.1) is 22.6 Å². The highest BCUT2D eigenvalue weighted by molar-refractivity contribution is 6.01. The highest BCUT2D eigenvalue weighted by Crippen LogP contribution is 2.33. The number of carbonyl (C=O) groups is 2. The van der Waals surface area contributed by atoms with E-state index in [2.05, 4.69) is 31.0 Å². The molecule has 10 nitrogen and oxygen atoms in total. The SMILES string of the molecule is CNC(=O)c1cc(Oc2ccc(NC(=O)Nc3cc(C(F)(F)F)ccc3-n3cncn3)c(F)c2)ccn1. The molecule has 2 aromatic carbocycles. The highest BCUT2D eigenvalue weighted by Gasteiger charge is 2.31. The van der Waals surface area contributed by atoms with Gasteiger partial charge in [0.25, 0.3) is 5.91 Å². The van der Waals surface area contributed by atoms with Crippen LogP contribution in [0, 0.1) is 5.82 Å². The highest BCUT2D eigenvalue weighted by atomic mass is 19.4. The molecule has 14 heteroatoms. The number of nitrogens with zero attached hydrogens (tertiary/aromatic N) is 4. The zero-order valence-corrected chi connectivity index (χ0v) is 18.9. The molecule has 0 saturated carbocycles. The summed E-state index contributed by atoms with van der Waals surface area (Å²) >= 11 is 0. The number of alkyl halides is 3. The number of amides is 3. The Hall–Kier alpha value is -5.01. The second-order valence-corrected chi connectivity index (χ2v) is 7.35. The molecule has 3 amide bonds. The Kier molecular flexibility index (Phi) is 6.99. The second-order valence-electron chi connectivity index (χ2n) is 7.35. The van der Waals surface area contributed by atoms with Crippen molar-refractivity contribution in [2.75, 3.05) is 17.7 Å². The molecule has 0 spiro atoms. The first kappa shape index (κ1) is 25.1. The number of aromatic nitrogens is 4. The normalized spacial score (nSPS) is 11.1. The van der Waals surface area contributed by atoms with Crippen LogP contribution >= 0.6 is 0 Å². The Balaban J connectivity index is 1.50. The van der Waals surface area contributed by atoms with Gasteiger partial charge in [-0.3, -0.25) is 9.78 Å². The molecule has 37 heavy (non-hydrogen) atoms. The molecule has 0 bridgehead atoms. The van der Waals surface area contributed by atoms with Gasteiger partial charge in [0.1, 0.15) is 35.7 Å². The predicted octanol–water partition coefficient (Wildman–Crippen LogP) is 4.62. The lowest BCUT2D eigenvalue weighted by atomic mass is 10.1. The maximum Gasteiger partial charge on any atom is 0.416 e. The molecule has 0 aliphatic heterocycles. The molecule has 0 aliphatic rings. The lowest BCUT2D eigenvalue weighted by Gasteiger charge is -2.15. The summed E-state index contributed by atoms with van der Waals surface area (Å²) in [4.78, 5) is 31.9. The van der Waals surface area contributed by atoms with Crippen LogP contribution < -0.4 is 20.7 Å². The summed E-state index contributed by atoms with van der Waals surface area (Å²) < 4.78 is 61.0. The standard InChI is InChI=1S/C23H17F4N7O3/c1-28-21(35)19-10-15(6-7-30-19)37-14-3-4-17(16(24)9-14)32-22(36)33-18-8-13(23(25,26)27)2-5-20(18)34-12-29-11-31-34/h2-12H,1H3,(H,28,35)(H2,32,33,36). The number of carbonyl (C=O) groups excluding carboxylic acids is 2. The van der Waals surface area contributed by atoms with Crippen molar-refractivity contribution < 1.29 is 31.9 Å². The Morgan fingerprint density at radius 3 is 2.41 bits per heavy atom. The lowest BCUT2D eigenvalue weighted by molar-refractivity contribution is -0.137. The van der Waals surface area contributed by atoms with Crippen LogP contribution in [-0.2, 0) is 6.18 Å². The van der Waals surface area contributed by atoms with Gasteiger partial charge >= 0.3 is 12.2 Å². The van der Waals surface area contributed by atoms with Gasteiger partial charge in [-0.25, -0.2) is 18.9 Å². The summed E-state index contributed by atoms with van der Waals surface area (Å²) in [6.45, 7) is 0. The topological polar surface area (TPSA) is 123 Å². The minimum Gasteiger partial charge on any atom is -0.457 e. The number of urea groups is 1. The zero-order valence-electron chi connectivity index (χ0n) is 18.9. The number of benzene rings is 2. The number of rotatable bonds is 6. The van der Waals surface area contributed by atoms with Crippen molar-refractivity contribution in [3.63, 3.8) is 0 Å². The van der Waals surface area contributed by atoms with E-state index in [4.69, 9.17) is 4.74 Å². The molecule has 2 heterocycles. The van der Waals surface area contributed by atoms with E-state index in [0.29, 0.717) is 0 Å². The second kappa shape index (κ2) is 10.3. The summed E-state index contributed by atoms with van der Waals surface area (Å²) in [5.74, 6) is -1.04. The maximum absolute atomic E-state index is 14.7. The van der Waals surface area contributed by atoms with E-state index in [1.54, 1.807) is 0 Å². The van der Waals surface area contributed by atoms with Crippen molar-refractivity contribution in [3.05, 3.63) is 84.5 Å². The van der Waals surface area contributed by atoms with E-state index >= 15 is 0 Å². The molecule has 2 aromatic heterocycles. The van der Waals surface area contributed by atoms with Gasteiger partial charge in [-0.15, -0.1) is 0 Å². The summed E-state index contributed by atoms with van der Waals surface area (Å²) in [6.07, 6.45) is -0.903. The number of ether oxygens (including phenoxy) is 1. The largest absolute Gasteiger partial charge is 0.457 e. The summed E-state index contributed by atoms with van der Waals surface area (Å²) in [5.41, 5.74) is -1.30. The fourth-order valence-corrected chi connectivity index (χ4v) is 3.14. The molecular weight excluding hydrogens is 498 g/mol. The number of halogens is 4. The van der Waals surface area contributed by atoms with Crippen molar-refractivity contribution >= 4 is 23.3 Å². The van der Waals surface area contributed by atoms with Gasteiger partial charge in [-0.2, -0.15) is 18.3 Å². The maximum atomic E-state index is 14.7. The molecular formula is C23H17F4N7O3. The Morgan fingerprint density at radius 1 is 0.973 bits per heavy atom. The molecule has 3 N–H and O–H groups in total. The molecule has 0 radical (unpaired) electrons. The molecule has 4 aromatic rings. The van der Waals surface area contributed by atoms with Crippen molar-refractivity contribution in [1.29, 1.82) is 0 Å². The first-order valence-corrected chi connectivity index (χ1v) is 10.4. The van der Waals surface area contributed by atoms with Gasteiger partial charge in [0, 0.05) is 25.4 Å². The van der Waals surface area contributed by atoms with Crippen LogP contribution in [0.1, 0.15) is 16.1 Å². The molecule has 0 saturated heterocycles. The third kappa shape index (κ3) is 5.98. The van der Waals surface area contributed by atoms with E-state index < -0.39 is 29.5 Å². The fourth-order valence-electron chi connectivity index (χ4n) is 3.14.